The van der Waals surface area contributed by atoms with Crippen LogP contribution in [0.1, 0.15) is 37.3 Å². The standard InChI is InChI=1S/C16H22N2O3.ClH/c1-21-16(20)11-14(12-6-3-2-4-7-12)18-15(19)10-13-8-5-9-17-13;/h2-4,6-7,13-14,17H,5,8-11H2,1H3,(H,18,19);1H. The molecule has 0 bridgehead atoms. The van der Waals surface area contributed by atoms with Gasteiger partial charge >= 0.3 is 5.97 Å². The van der Waals surface area contributed by atoms with E-state index in [0.717, 1.165) is 24.9 Å². The van der Waals surface area contributed by atoms with Gasteiger partial charge in [0.05, 0.1) is 19.6 Å². The van der Waals surface area contributed by atoms with E-state index in [-0.39, 0.29) is 42.8 Å². The van der Waals surface area contributed by atoms with Crippen LogP contribution >= 0.6 is 12.4 Å². The number of nitrogens with one attached hydrogen (secondary N) is 2. The fraction of sp³-hybridized carbons (Fsp3) is 0.500. The van der Waals surface area contributed by atoms with Gasteiger partial charge < -0.3 is 15.4 Å². The summed E-state index contributed by atoms with van der Waals surface area (Å²) >= 11 is 0. The van der Waals surface area contributed by atoms with Gasteiger partial charge in [0.15, 0.2) is 0 Å². The third kappa shape index (κ3) is 5.66. The summed E-state index contributed by atoms with van der Waals surface area (Å²) in [6, 6.07) is 9.41. The fourth-order valence-corrected chi connectivity index (χ4v) is 2.60. The first-order valence-corrected chi connectivity index (χ1v) is 7.33. The van der Waals surface area contributed by atoms with Crippen LogP contribution in [0.5, 0.6) is 0 Å². The Labute approximate surface area is 137 Å². The zero-order valence-electron chi connectivity index (χ0n) is 12.7. The summed E-state index contributed by atoms with van der Waals surface area (Å²) < 4.78 is 4.71. The highest BCUT2D eigenvalue weighted by atomic mass is 35.5. The van der Waals surface area contributed by atoms with Crippen LogP contribution in [0.4, 0.5) is 0 Å². The monoisotopic (exact) mass is 326 g/mol. The van der Waals surface area contributed by atoms with Gasteiger partial charge in [0.25, 0.3) is 0 Å². The molecule has 6 heteroatoms. The Hall–Kier alpha value is -1.59. The second kappa shape index (κ2) is 9.43. The fourth-order valence-electron chi connectivity index (χ4n) is 2.60. The molecule has 0 saturated carbocycles. The van der Waals surface area contributed by atoms with Crippen molar-refractivity contribution in [2.75, 3.05) is 13.7 Å². The Morgan fingerprint density at radius 1 is 1.36 bits per heavy atom. The number of carbonyl (C=O) groups excluding carboxylic acids is 2. The van der Waals surface area contributed by atoms with Crippen LogP contribution in [0.3, 0.4) is 0 Å². The van der Waals surface area contributed by atoms with E-state index >= 15 is 0 Å². The number of methoxy groups -OCH3 is 1. The minimum atomic E-state index is -0.340. The summed E-state index contributed by atoms with van der Waals surface area (Å²) in [6.45, 7) is 0.974. The van der Waals surface area contributed by atoms with Crippen LogP contribution in [0.15, 0.2) is 30.3 Å². The third-order valence-corrected chi connectivity index (χ3v) is 3.73. The van der Waals surface area contributed by atoms with Crippen molar-refractivity contribution in [3.8, 4) is 0 Å². The molecule has 1 heterocycles. The van der Waals surface area contributed by atoms with E-state index < -0.39 is 0 Å². The Morgan fingerprint density at radius 3 is 2.68 bits per heavy atom. The van der Waals surface area contributed by atoms with Gasteiger partial charge in [-0.1, -0.05) is 30.3 Å². The van der Waals surface area contributed by atoms with E-state index in [1.54, 1.807) is 0 Å². The molecular weight excluding hydrogens is 304 g/mol. The minimum Gasteiger partial charge on any atom is -0.469 e. The Kier molecular flexibility index (Phi) is 7.91. The van der Waals surface area contributed by atoms with Gasteiger partial charge in [-0.3, -0.25) is 9.59 Å². The number of benzene rings is 1. The van der Waals surface area contributed by atoms with Crippen molar-refractivity contribution in [3.05, 3.63) is 35.9 Å². The Balaban J connectivity index is 0.00000242. The number of ether oxygens (including phenoxy) is 1. The molecule has 2 unspecified atom stereocenters. The number of amides is 1. The molecule has 0 aromatic heterocycles. The SMILES string of the molecule is COC(=O)CC(NC(=O)CC1CCCN1)c1ccccc1.Cl. The van der Waals surface area contributed by atoms with E-state index in [4.69, 9.17) is 4.74 Å². The first-order chi connectivity index (χ1) is 10.2. The highest BCUT2D eigenvalue weighted by Gasteiger charge is 2.22. The molecular formula is C16H23ClN2O3. The maximum absolute atomic E-state index is 12.1. The van der Waals surface area contributed by atoms with Crippen molar-refractivity contribution in [1.82, 2.24) is 10.6 Å². The molecule has 1 saturated heterocycles. The average Bonchev–Trinajstić information content (AvgIpc) is 3.00. The Morgan fingerprint density at radius 2 is 2.09 bits per heavy atom. The zero-order chi connectivity index (χ0) is 15.1. The molecule has 1 aromatic rings. The number of hydrogen-bond acceptors (Lipinski definition) is 4. The summed E-state index contributed by atoms with van der Waals surface area (Å²) in [4.78, 5) is 23.7. The highest BCUT2D eigenvalue weighted by Crippen LogP contribution is 2.18. The molecule has 1 aliphatic heterocycles. The summed E-state index contributed by atoms with van der Waals surface area (Å²) in [5.74, 6) is -0.365. The number of hydrogen-bond donors (Lipinski definition) is 2. The lowest BCUT2D eigenvalue weighted by Gasteiger charge is -2.19. The number of carbonyl (C=O) groups is 2. The third-order valence-electron chi connectivity index (χ3n) is 3.73. The molecule has 2 atom stereocenters. The predicted molar refractivity (Wildman–Crippen MR) is 86.8 cm³/mol. The maximum atomic E-state index is 12.1. The number of halogens is 1. The molecule has 0 spiro atoms. The first kappa shape index (κ1) is 18.5. The summed E-state index contributed by atoms with van der Waals surface area (Å²) in [6.07, 6.45) is 2.73. The van der Waals surface area contributed by atoms with Crippen molar-refractivity contribution in [2.45, 2.75) is 37.8 Å². The minimum absolute atomic E-state index is 0. The van der Waals surface area contributed by atoms with Crippen LogP contribution < -0.4 is 10.6 Å². The number of rotatable bonds is 6. The maximum Gasteiger partial charge on any atom is 0.307 e. The molecule has 1 aliphatic rings. The molecule has 1 fully saturated rings. The molecule has 0 aliphatic carbocycles. The molecule has 0 radical (unpaired) electrons. The van der Waals surface area contributed by atoms with Gasteiger partial charge in [-0.05, 0) is 24.9 Å². The van der Waals surface area contributed by atoms with Crippen LogP contribution in [-0.4, -0.2) is 31.6 Å². The van der Waals surface area contributed by atoms with E-state index in [9.17, 15) is 9.59 Å². The van der Waals surface area contributed by atoms with Crippen molar-refractivity contribution in [3.63, 3.8) is 0 Å². The molecule has 122 valence electrons. The predicted octanol–water partition coefficient (Wildman–Crippen LogP) is 1.97. The van der Waals surface area contributed by atoms with Gasteiger partial charge in [0.1, 0.15) is 0 Å². The lowest BCUT2D eigenvalue weighted by atomic mass is 10.0. The topological polar surface area (TPSA) is 67.4 Å². The van der Waals surface area contributed by atoms with Crippen LogP contribution in [0, 0.1) is 0 Å². The van der Waals surface area contributed by atoms with Crippen molar-refractivity contribution >= 4 is 24.3 Å². The second-order valence-electron chi connectivity index (χ2n) is 5.31. The van der Waals surface area contributed by atoms with E-state index in [1.807, 2.05) is 30.3 Å². The molecule has 5 nitrogen and oxygen atoms in total. The summed E-state index contributed by atoms with van der Waals surface area (Å²) in [5, 5.41) is 6.25. The molecule has 1 aromatic carbocycles. The zero-order valence-corrected chi connectivity index (χ0v) is 13.5. The average molecular weight is 327 g/mol. The largest absolute Gasteiger partial charge is 0.469 e. The molecule has 22 heavy (non-hydrogen) atoms. The van der Waals surface area contributed by atoms with Gasteiger partial charge in [-0.25, -0.2) is 0 Å². The highest BCUT2D eigenvalue weighted by molar-refractivity contribution is 5.85. The van der Waals surface area contributed by atoms with Crippen molar-refractivity contribution < 1.29 is 14.3 Å². The smallest absolute Gasteiger partial charge is 0.307 e. The molecule has 2 N–H and O–H groups in total. The van der Waals surface area contributed by atoms with Crippen LogP contribution in [0.25, 0.3) is 0 Å². The van der Waals surface area contributed by atoms with Crippen molar-refractivity contribution in [2.24, 2.45) is 0 Å². The Bertz CT molecular complexity index is 476. The normalized spacial score (nSPS) is 18.1. The van der Waals surface area contributed by atoms with E-state index in [2.05, 4.69) is 10.6 Å². The van der Waals surface area contributed by atoms with Crippen molar-refractivity contribution in [1.29, 1.82) is 0 Å². The lowest BCUT2D eigenvalue weighted by molar-refractivity contribution is -0.141. The van der Waals surface area contributed by atoms with Gasteiger partial charge in [0.2, 0.25) is 5.91 Å². The van der Waals surface area contributed by atoms with Crippen LogP contribution in [-0.2, 0) is 14.3 Å². The second-order valence-corrected chi connectivity index (χ2v) is 5.31. The molecule has 2 rings (SSSR count). The lowest BCUT2D eigenvalue weighted by Crippen LogP contribution is -2.35. The van der Waals surface area contributed by atoms with Gasteiger partial charge in [-0.15, -0.1) is 12.4 Å². The summed E-state index contributed by atoms with van der Waals surface area (Å²) in [5.41, 5.74) is 0.913. The quantitative estimate of drug-likeness (QED) is 0.784. The van der Waals surface area contributed by atoms with Gasteiger partial charge in [-0.2, -0.15) is 0 Å². The summed E-state index contributed by atoms with van der Waals surface area (Å²) in [7, 11) is 1.36. The first-order valence-electron chi connectivity index (χ1n) is 7.33. The van der Waals surface area contributed by atoms with E-state index in [0.29, 0.717) is 6.42 Å². The molecule has 1 amide bonds. The van der Waals surface area contributed by atoms with E-state index in [1.165, 1.54) is 7.11 Å². The van der Waals surface area contributed by atoms with Gasteiger partial charge in [0, 0.05) is 12.5 Å². The van der Waals surface area contributed by atoms with Crippen LogP contribution in [0.2, 0.25) is 0 Å². The number of esters is 1.